The van der Waals surface area contributed by atoms with E-state index in [2.05, 4.69) is 10.6 Å². The second-order valence-corrected chi connectivity index (χ2v) is 6.23. The second kappa shape index (κ2) is 8.02. The van der Waals surface area contributed by atoms with Crippen LogP contribution in [0.5, 0.6) is 0 Å². The lowest BCUT2D eigenvalue weighted by atomic mass is 10.2. The van der Waals surface area contributed by atoms with Gasteiger partial charge in [0.05, 0.1) is 37.7 Å². The third-order valence-electron chi connectivity index (χ3n) is 4.38. The molecule has 2 aromatic heterocycles. The maximum absolute atomic E-state index is 12.4. The Labute approximate surface area is 146 Å². The molecular formula is C18H23N3O4. The van der Waals surface area contributed by atoms with Gasteiger partial charge in [0.15, 0.2) is 0 Å². The van der Waals surface area contributed by atoms with E-state index in [9.17, 15) is 9.59 Å². The Kier molecular flexibility index (Phi) is 5.55. The Balaban J connectivity index is 1.49. The van der Waals surface area contributed by atoms with E-state index in [1.54, 1.807) is 24.7 Å². The minimum absolute atomic E-state index is 0.0687. The smallest absolute Gasteiger partial charge is 0.237 e. The van der Waals surface area contributed by atoms with Crippen LogP contribution in [0.1, 0.15) is 37.3 Å². The molecule has 2 aromatic rings. The number of hydrogen-bond donors (Lipinski definition) is 2. The normalized spacial score (nSPS) is 18.8. The zero-order valence-electron chi connectivity index (χ0n) is 14.2. The van der Waals surface area contributed by atoms with Crippen LogP contribution >= 0.6 is 0 Å². The van der Waals surface area contributed by atoms with E-state index in [0.717, 1.165) is 19.4 Å². The Hall–Kier alpha value is -2.54. The number of carbonyl (C=O) groups is 2. The number of hydrogen-bond acceptors (Lipinski definition) is 5. The van der Waals surface area contributed by atoms with Gasteiger partial charge in [0.25, 0.3) is 0 Å². The van der Waals surface area contributed by atoms with Crippen LogP contribution in [-0.2, 0) is 16.1 Å². The summed E-state index contributed by atoms with van der Waals surface area (Å²) in [6.07, 6.45) is 4.82. The fourth-order valence-corrected chi connectivity index (χ4v) is 3.10. The molecule has 7 heteroatoms. The van der Waals surface area contributed by atoms with Gasteiger partial charge in [-0.3, -0.25) is 14.5 Å². The highest BCUT2D eigenvalue weighted by Crippen LogP contribution is 2.18. The van der Waals surface area contributed by atoms with E-state index in [0.29, 0.717) is 18.1 Å². The van der Waals surface area contributed by atoms with Crippen molar-refractivity contribution in [2.45, 2.75) is 38.4 Å². The molecular weight excluding hydrogens is 322 g/mol. The van der Waals surface area contributed by atoms with Crippen molar-refractivity contribution >= 4 is 11.8 Å². The standard InChI is InChI=1S/C18H23N3O4/c1-13(16-7-4-10-25-16)20-17(22)12-21-8-2-6-15(21)18(23)19-11-14-5-3-9-24-14/h3-5,7,9-10,13,15H,2,6,8,11-12H2,1H3,(H,19,23)(H,20,22). The van der Waals surface area contributed by atoms with Crippen molar-refractivity contribution in [3.63, 3.8) is 0 Å². The molecule has 2 atom stereocenters. The van der Waals surface area contributed by atoms with Gasteiger partial charge in [0.2, 0.25) is 11.8 Å². The second-order valence-electron chi connectivity index (χ2n) is 6.23. The molecule has 2 unspecified atom stereocenters. The summed E-state index contributed by atoms with van der Waals surface area (Å²) in [7, 11) is 0. The van der Waals surface area contributed by atoms with E-state index < -0.39 is 0 Å². The average Bonchev–Trinajstić information content (AvgIpc) is 3.33. The zero-order chi connectivity index (χ0) is 17.6. The predicted octanol–water partition coefficient (Wildman–Crippen LogP) is 1.83. The van der Waals surface area contributed by atoms with Crippen LogP contribution in [0, 0.1) is 0 Å². The van der Waals surface area contributed by atoms with E-state index >= 15 is 0 Å². The van der Waals surface area contributed by atoms with Crippen molar-refractivity contribution in [3.05, 3.63) is 48.3 Å². The van der Waals surface area contributed by atoms with Gasteiger partial charge in [0.1, 0.15) is 11.5 Å². The first kappa shape index (κ1) is 17.3. The lowest BCUT2D eigenvalue weighted by Gasteiger charge is -2.23. The lowest BCUT2D eigenvalue weighted by molar-refractivity contribution is -0.128. The van der Waals surface area contributed by atoms with Gasteiger partial charge in [-0.05, 0) is 50.6 Å². The molecule has 3 heterocycles. The highest BCUT2D eigenvalue weighted by molar-refractivity contribution is 5.84. The van der Waals surface area contributed by atoms with Crippen LogP contribution in [0.4, 0.5) is 0 Å². The van der Waals surface area contributed by atoms with E-state index in [1.165, 1.54) is 0 Å². The summed E-state index contributed by atoms with van der Waals surface area (Å²) < 4.78 is 10.5. The number of furan rings is 2. The van der Waals surface area contributed by atoms with Gasteiger partial charge in [0, 0.05) is 0 Å². The van der Waals surface area contributed by atoms with Crippen molar-refractivity contribution in [2.24, 2.45) is 0 Å². The van der Waals surface area contributed by atoms with E-state index in [1.807, 2.05) is 24.0 Å². The largest absolute Gasteiger partial charge is 0.467 e. The van der Waals surface area contributed by atoms with Crippen molar-refractivity contribution in [3.8, 4) is 0 Å². The molecule has 2 amide bonds. The van der Waals surface area contributed by atoms with E-state index in [-0.39, 0.29) is 30.4 Å². The monoisotopic (exact) mass is 345 g/mol. The highest BCUT2D eigenvalue weighted by Gasteiger charge is 2.32. The summed E-state index contributed by atoms with van der Waals surface area (Å²) in [6, 6.07) is 6.74. The van der Waals surface area contributed by atoms with Crippen LogP contribution in [0.3, 0.4) is 0 Å². The fourth-order valence-electron chi connectivity index (χ4n) is 3.10. The molecule has 0 aliphatic carbocycles. The van der Waals surface area contributed by atoms with Gasteiger partial charge >= 0.3 is 0 Å². The molecule has 134 valence electrons. The van der Waals surface area contributed by atoms with Crippen molar-refractivity contribution in [2.75, 3.05) is 13.1 Å². The van der Waals surface area contributed by atoms with Crippen LogP contribution in [-0.4, -0.2) is 35.8 Å². The molecule has 0 bridgehead atoms. The summed E-state index contributed by atoms with van der Waals surface area (Å²) in [4.78, 5) is 26.6. The third kappa shape index (κ3) is 4.51. The lowest BCUT2D eigenvalue weighted by Crippen LogP contribution is -2.47. The Morgan fingerprint density at radius 1 is 1.28 bits per heavy atom. The summed E-state index contributed by atoms with van der Waals surface area (Å²) in [5.74, 6) is 1.24. The van der Waals surface area contributed by atoms with Gasteiger partial charge in [-0.2, -0.15) is 0 Å². The molecule has 0 spiro atoms. The molecule has 1 aliphatic rings. The van der Waals surface area contributed by atoms with Crippen molar-refractivity contribution in [1.29, 1.82) is 0 Å². The van der Waals surface area contributed by atoms with Gasteiger partial charge in [-0.1, -0.05) is 0 Å². The molecule has 0 aromatic carbocycles. The van der Waals surface area contributed by atoms with Crippen LogP contribution in [0.15, 0.2) is 45.6 Å². The maximum atomic E-state index is 12.4. The van der Waals surface area contributed by atoms with Crippen LogP contribution < -0.4 is 10.6 Å². The SMILES string of the molecule is CC(NC(=O)CN1CCCC1C(=O)NCc1ccco1)c1ccco1. The predicted molar refractivity (Wildman–Crippen MR) is 90.4 cm³/mol. The first-order valence-electron chi connectivity index (χ1n) is 8.50. The highest BCUT2D eigenvalue weighted by atomic mass is 16.3. The maximum Gasteiger partial charge on any atom is 0.237 e. The number of nitrogens with zero attached hydrogens (tertiary/aromatic N) is 1. The number of carbonyl (C=O) groups excluding carboxylic acids is 2. The van der Waals surface area contributed by atoms with Crippen LogP contribution in [0.2, 0.25) is 0 Å². The minimum Gasteiger partial charge on any atom is -0.467 e. The Bertz CT molecular complexity index is 681. The average molecular weight is 345 g/mol. The number of nitrogens with one attached hydrogen (secondary N) is 2. The Morgan fingerprint density at radius 3 is 2.80 bits per heavy atom. The number of likely N-dealkylation sites (tertiary alicyclic amines) is 1. The van der Waals surface area contributed by atoms with Crippen molar-refractivity contribution in [1.82, 2.24) is 15.5 Å². The number of rotatable bonds is 7. The number of amides is 2. The molecule has 0 saturated carbocycles. The van der Waals surface area contributed by atoms with Crippen LogP contribution in [0.25, 0.3) is 0 Å². The summed E-state index contributed by atoms with van der Waals surface area (Å²) in [6.45, 7) is 3.16. The molecule has 0 radical (unpaired) electrons. The molecule has 1 saturated heterocycles. The van der Waals surface area contributed by atoms with Gasteiger partial charge < -0.3 is 19.5 Å². The first-order valence-corrected chi connectivity index (χ1v) is 8.50. The third-order valence-corrected chi connectivity index (χ3v) is 4.38. The first-order chi connectivity index (χ1) is 12.1. The van der Waals surface area contributed by atoms with Crippen molar-refractivity contribution < 1.29 is 18.4 Å². The molecule has 1 fully saturated rings. The Morgan fingerprint density at radius 2 is 2.08 bits per heavy atom. The summed E-state index contributed by atoms with van der Waals surface area (Å²) >= 11 is 0. The molecule has 25 heavy (non-hydrogen) atoms. The van der Waals surface area contributed by atoms with Gasteiger partial charge in [-0.25, -0.2) is 0 Å². The zero-order valence-corrected chi connectivity index (χ0v) is 14.2. The molecule has 1 aliphatic heterocycles. The molecule has 3 rings (SSSR count). The quantitative estimate of drug-likeness (QED) is 0.799. The topological polar surface area (TPSA) is 87.7 Å². The summed E-state index contributed by atoms with van der Waals surface area (Å²) in [5.41, 5.74) is 0. The van der Waals surface area contributed by atoms with Gasteiger partial charge in [-0.15, -0.1) is 0 Å². The van der Waals surface area contributed by atoms with E-state index in [4.69, 9.17) is 8.83 Å². The minimum atomic E-state index is -0.278. The molecule has 7 nitrogen and oxygen atoms in total. The fraction of sp³-hybridized carbons (Fsp3) is 0.444. The summed E-state index contributed by atoms with van der Waals surface area (Å²) in [5, 5.41) is 5.77. The molecule has 2 N–H and O–H groups in total.